The molecule has 0 aromatic heterocycles. The summed E-state index contributed by atoms with van der Waals surface area (Å²) in [5.41, 5.74) is 1.06. The topological polar surface area (TPSA) is 78.4 Å². The van der Waals surface area contributed by atoms with Crippen molar-refractivity contribution in [1.82, 2.24) is 10.6 Å². The summed E-state index contributed by atoms with van der Waals surface area (Å²) in [5.74, 6) is -0.212. The van der Waals surface area contributed by atoms with Gasteiger partial charge in [0.15, 0.2) is 0 Å². The van der Waals surface area contributed by atoms with Crippen LogP contribution in [0.1, 0.15) is 12.0 Å². The zero-order valence-corrected chi connectivity index (χ0v) is 12.3. The molecule has 1 atom stereocenters. The number of hydrogen-bond donors (Lipinski definition) is 3. The summed E-state index contributed by atoms with van der Waals surface area (Å²) in [6.45, 7) is 0.526. The van der Waals surface area contributed by atoms with Gasteiger partial charge in [0, 0.05) is 12.3 Å². The average Bonchev–Trinajstić information content (AvgIpc) is 2.44. The number of rotatable bonds is 8. The van der Waals surface area contributed by atoms with Crippen molar-refractivity contribution in [3.8, 4) is 0 Å². The van der Waals surface area contributed by atoms with Gasteiger partial charge in [-0.1, -0.05) is 30.3 Å². The molecule has 1 rings (SSSR count). The number of urea groups is 1. The van der Waals surface area contributed by atoms with Gasteiger partial charge < -0.3 is 15.7 Å². The van der Waals surface area contributed by atoms with E-state index in [-0.39, 0.29) is 0 Å². The van der Waals surface area contributed by atoms with Crippen LogP contribution in [0, 0.1) is 0 Å². The Morgan fingerprint density at radius 3 is 2.60 bits per heavy atom. The number of carboxylic acids is 1. The van der Waals surface area contributed by atoms with Crippen LogP contribution in [0.2, 0.25) is 0 Å². The number of carboxylic acid groups (broad SMARTS) is 1. The van der Waals surface area contributed by atoms with Crippen LogP contribution in [0.5, 0.6) is 0 Å². The summed E-state index contributed by atoms with van der Waals surface area (Å²) < 4.78 is 0. The van der Waals surface area contributed by atoms with Gasteiger partial charge in [0.2, 0.25) is 0 Å². The second kappa shape index (κ2) is 9.25. The first-order valence-electron chi connectivity index (χ1n) is 6.43. The third-order valence-corrected chi connectivity index (χ3v) is 3.37. The van der Waals surface area contributed by atoms with E-state index in [0.29, 0.717) is 19.4 Å². The van der Waals surface area contributed by atoms with Crippen LogP contribution in [0.3, 0.4) is 0 Å². The summed E-state index contributed by atoms with van der Waals surface area (Å²) in [6.07, 6.45) is 2.93. The van der Waals surface area contributed by atoms with Gasteiger partial charge in [-0.2, -0.15) is 11.8 Å². The lowest BCUT2D eigenvalue weighted by molar-refractivity contribution is -0.139. The lowest BCUT2D eigenvalue weighted by Crippen LogP contribution is -2.46. The Morgan fingerprint density at radius 1 is 1.30 bits per heavy atom. The monoisotopic (exact) mass is 296 g/mol. The molecule has 0 radical (unpaired) electrons. The van der Waals surface area contributed by atoms with Crippen LogP contribution < -0.4 is 10.6 Å². The molecule has 1 aromatic carbocycles. The van der Waals surface area contributed by atoms with Crippen molar-refractivity contribution in [3.05, 3.63) is 35.9 Å². The van der Waals surface area contributed by atoms with Gasteiger partial charge in [-0.25, -0.2) is 9.59 Å². The molecule has 0 unspecified atom stereocenters. The number of amides is 2. The summed E-state index contributed by atoms with van der Waals surface area (Å²) in [5, 5.41) is 14.2. The molecule has 6 heteroatoms. The van der Waals surface area contributed by atoms with Crippen molar-refractivity contribution in [2.24, 2.45) is 0 Å². The Morgan fingerprint density at radius 2 is 2.00 bits per heavy atom. The van der Waals surface area contributed by atoms with E-state index in [1.54, 1.807) is 11.8 Å². The maximum Gasteiger partial charge on any atom is 0.326 e. The van der Waals surface area contributed by atoms with Gasteiger partial charge in [-0.15, -0.1) is 0 Å². The molecule has 0 aliphatic carbocycles. The van der Waals surface area contributed by atoms with Crippen LogP contribution in [-0.2, 0) is 11.2 Å². The number of thioether (sulfide) groups is 1. The lowest BCUT2D eigenvalue weighted by atomic mass is 10.1. The third kappa shape index (κ3) is 6.47. The second-order valence-corrected chi connectivity index (χ2v) is 5.29. The summed E-state index contributed by atoms with van der Waals surface area (Å²) in [4.78, 5) is 22.7. The zero-order valence-electron chi connectivity index (χ0n) is 11.5. The highest BCUT2D eigenvalue weighted by atomic mass is 32.2. The molecule has 110 valence electrons. The molecular formula is C14H20N2O3S. The number of carbonyl (C=O) groups is 2. The van der Waals surface area contributed by atoms with E-state index in [2.05, 4.69) is 10.6 Å². The van der Waals surface area contributed by atoms with E-state index < -0.39 is 18.0 Å². The van der Waals surface area contributed by atoms with Gasteiger partial charge in [-0.05, 0) is 24.7 Å². The van der Waals surface area contributed by atoms with E-state index in [4.69, 9.17) is 5.11 Å². The predicted molar refractivity (Wildman–Crippen MR) is 81.1 cm³/mol. The van der Waals surface area contributed by atoms with Gasteiger partial charge in [0.25, 0.3) is 0 Å². The first-order valence-corrected chi connectivity index (χ1v) is 7.83. The molecule has 2 amide bonds. The maximum atomic E-state index is 11.5. The number of aryl methyl sites for hydroxylation is 1. The number of hydrogen-bond acceptors (Lipinski definition) is 3. The molecule has 0 saturated heterocycles. The van der Waals surface area contributed by atoms with E-state index >= 15 is 0 Å². The van der Waals surface area contributed by atoms with E-state index in [1.165, 1.54) is 0 Å². The maximum absolute atomic E-state index is 11.5. The van der Waals surface area contributed by atoms with Gasteiger partial charge in [-0.3, -0.25) is 0 Å². The molecule has 5 nitrogen and oxygen atoms in total. The summed E-state index contributed by atoms with van der Waals surface area (Å²) in [6, 6.07) is 8.32. The Labute approximate surface area is 123 Å². The van der Waals surface area contributed by atoms with Crippen LogP contribution in [0.15, 0.2) is 30.3 Å². The number of nitrogens with one attached hydrogen (secondary N) is 2. The normalized spacial score (nSPS) is 11.7. The summed E-state index contributed by atoms with van der Waals surface area (Å²) >= 11 is 1.62. The van der Waals surface area contributed by atoms with Gasteiger partial charge in [0.05, 0.1) is 0 Å². The Bertz CT molecular complexity index is 426. The fourth-order valence-electron chi connectivity index (χ4n) is 1.69. The van der Waals surface area contributed by atoms with Crippen molar-refractivity contribution in [2.45, 2.75) is 18.9 Å². The van der Waals surface area contributed by atoms with E-state index in [1.807, 2.05) is 36.6 Å². The van der Waals surface area contributed by atoms with Crippen molar-refractivity contribution in [2.75, 3.05) is 18.6 Å². The highest BCUT2D eigenvalue weighted by Gasteiger charge is 2.19. The van der Waals surface area contributed by atoms with Crippen LogP contribution in [0.25, 0.3) is 0 Å². The molecule has 0 saturated carbocycles. The zero-order chi connectivity index (χ0) is 14.8. The third-order valence-electron chi connectivity index (χ3n) is 2.76. The average molecular weight is 296 g/mol. The molecule has 0 aliphatic heterocycles. The fraction of sp³-hybridized carbons (Fsp3) is 0.429. The first kappa shape index (κ1) is 16.4. The predicted octanol–water partition coefficient (Wildman–Crippen LogP) is 1.73. The number of benzene rings is 1. The Balaban J connectivity index is 2.40. The molecular weight excluding hydrogens is 276 g/mol. The minimum Gasteiger partial charge on any atom is -0.480 e. The van der Waals surface area contributed by atoms with Crippen LogP contribution in [-0.4, -0.2) is 41.7 Å². The van der Waals surface area contributed by atoms with Gasteiger partial charge >= 0.3 is 12.0 Å². The summed E-state index contributed by atoms with van der Waals surface area (Å²) in [7, 11) is 0. The smallest absolute Gasteiger partial charge is 0.326 e. The Hall–Kier alpha value is -1.69. The van der Waals surface area contributed by atoms with Crippen molar-refractivity contribution >= 4 is 23.8 Å². The first-order chi connectivity index (χ1) is 9.63. The van der Waals surface area contributed by atoms with Crippen LogP contribution in [0.4, 0.5) is 4.79 Å². The van der Waals surface area contributed by atoms with Crippen LogP contribution >= 0.6 is 11.8 Å². The Kier molecular flexibility index (Phi) is 7.57. The largest absolute Gasteiger partial charge is 0.480 e. The van der Waals surface area contributed by atoms with Crippen molar-refractivity contribution in [3.63, 3.8) is 0 Å². The quantitative estimate of drug-likeness (QED) is 0.638. The molecule has 20 heavy (non-hydrogen) atoms. The SMILES string of the molecule is CSCCNC(=O)N[C@@H](CCc1ccccc1)C(=O)O. The highest BCUT2D eigenvalue weighted by molar-refractivity contribution is 7.98. The molecule has 0 bridgehead atoms. The second-order valence-electron chi connectivity index (χ2n) is 4.31. The van der Waals surface area contributed by atoms with E-state index in [0.717, 1.165) is 11.3 Å². The van der Waals surface area contributed by atoms with Crippen molar-refractivity contribution < 1.29 is 14.7 Å². The minimum atomic E-state index is -1.01. The van der Waals surface area contributed by atoms with E-state index in [9.17, 15) is 9.59 Å². The minimum absolute atomic E-state index is 0.370. The molecule has 0 spiro atoms. The van der Waals surface area contributed by atoms with Crippen molar-refractivity contribution in [1.29, 1.82) is 0 Å². The lowest BCUT2D eigenvalue weighted by Gasteiger charge is -2.15. The molecule has 3 N–H and O–H groups in total. The van der Waals surface area contributed by atoms with Gasteiger partial charge in [0.1, 0.15) is 6.04 Å². The molecule has 1 aromatic rings. The number of carbonyl (C=O) groups excluding carboxylic acids is 1. The number of aliphatic carboxylic acids is 1. The highest BCUT2D eigenvalue weighted by Crippen LogP contribution is 2.05. The molecule has 0 heterocycles. The standard InChI is InChI=1S/C14H20N2O3S/c1-20-10-9-15-14(19)16-12(13(17)18)8-7-11-5-3-2-4-6-11/h2-6,12H,7-10H2,1H3,(H,17,18)(H2,15,16,19)/t12-/m0/s1. The molecule has 0 fully saturated rings. The fourth-order valence-corrected chi connectivity index (χ4v) is 2.00. The molecule has 0 aliphatic rings.